The van der Waals surface area contributed by atoms with Gasteiger partial charge in [0, 0.05) is 18.7 Å². The fourth-order valence-electron chi connectivity index (χ4n) is 2.94. The zero-order valence-electron chi connectivity index (χ0n) is 15.8. The fraction of sp³-hybridized carbons (Fsp3) is 0.350. The Morgan fingerprint density at radius 3 is 2.07 bits per heavy atom. The Bertz CT molecular complexity index is 874. The van der Waals surface area contributed by atoms with E-state index in [0.29, 0.717) is 24.2 Å². The second-order valence-electron chi connectivity index (χ2n) is 6.27. The number of carbonyl (C=O) groups excluding carboxylic acids is 1. The average molecular weight is 392 g/mol. The molecular weight excluding hydrogens is 367 g/mol. The van der Waals surface area contributed by atoms with Crippen molar-refractivity contribution in [3.05, 3.63) is 59.4 Å². The Morgan fingerprint density at radius 1 is 1.04 bits per heavy atom. The van der Waals surface area contributed by atoms with Crippen molar-refractivity contribution in [2.24, 2.45) is 0 Å². The molecule has 0 heterocycles. The van der Waals surface area contributed by atoms with Crippen molar-refractivity contribution in [3.63, 3.8) is 0 Å². The number of hydrogen-bond donors (Lipinski definition) is 1. The van der Waals surface area contributed by atoms with E-state index in [9.17, 15) is 17.6 Å². The lowest BCUT2D eigenvalue weighted by atomic mass is 10.0. The molecule has 2 aromatic carbocycles. The van der Waals surface area contributed by atoms with Gasteiger partial charge in [-0.2, -0.15) is 0 Å². The molecule has 0 bridgehead atoms. The molecule has 7 heteroatoms. The quantitative estimate of drug-likeness (QED) is 0.744. The van der Waals surface area contributed by atoms with Gasteiger partial charge in [-0.25, -0.2) is 12.8 Å². The van der Waals surface area contributed by atoms with E-state index in [2.05, 4.69) is 5.32 Å². The Balaban J connectivity index is 2.21. The van der Waals surface area contributed by atoms with Crippen molar-refractivity contribution in [3.8, 4) is 0 Å². The van der Waals surface area contributed by atoms with Crippen molar-refractivity contribution in [1.29, 1.82) is 0 Å². The molecule has 0 saturated heterocycles. The van der Waals surface area contributed by atoms with Crippen molar-refractivity contribution in [2.75, 3.05) is 22.4 Å². The zero-order chi connectivity index (χ0) is 20.0. The molecule has 27 heavy (non-hydrogen) atoms. The van der Waals surface area contributed by atoms with Crippen LogP contribution in [0.2, 0.25) is 0 Å². The fourth-order valence-corrected chi connectivity index (χ4v) is 3.93. The predicted octanol–water partition coefficient (Wildman–Crippen LogP) is 3.75. The van der Waals surface area contributed by atoms with E-state index < -0.39 is 10.0 Å². The average Bonchev–Trinajstić information content (AvgIpc) is 2.62. The van der Waals surface area contributed by atoms with Crippen LogP contribution in [0.4, 0.5) is 15.8 Å². The van der Waals surface area contributed by atoms with Gasteiger partial charge in [0.1, 0.15) is 5.82 Å². The third-order valence-electron chi connectivity index (χ3n) is 4.28. The molecule has 0 unspecified atom stereocenters. The van der Waals surface area contributed by atoms with Crippen LogP contribution >= 0.6 is 0 Å². The van der Waals surface area contributed by atoms with Gasteiger partial charge >= 0.3 is 0 Å². The van der Waals surface area contributed by atoms with Gasteiger partial charge in [0.15, 0.2) is 0 Å². The molecule has 5 nitrogen and oxygen atoms in total. The topological polar surface area (TPSA) is 66.5 Å². The highest BCUT2D eigenvalue weighted by molar-refractivity contribution is 7.92. The number of nitrogens with zero attached hydrogens (tertiary/aromatic N) is 1. The van der Waals surface area contributed by atoms with Gasteiger partial charge in [-0.05, 0) is 48.2 Å². The number of amides is 1. The number of hydrogen-bond acceptors (Lipinski definition) is 3. The molecule has 0 aliphatic carbocycles. The van der Waals surface area contributed by atoms with E-state index in [1.54, 1.807) is 0 Å². The summed E-state index contributed by atoms with van der Waals surface area (Å²) in [5, 5.41) is 2.66. The monoisotopic (exact) mass is 392 g/mol. The summed E-state index contributed by atoms with van der Waals surface area (Å²) in [4.78, 5) is 12.2. The minimum atomic E-state index is -3.55. The smallest absolute Gasteiger partial charge is 0.232 e. The summed E-state index contributed by atoms with van der Waals surface area (Å²) in [6.07, 6.45) is 2.52. The maximum atomic E-state index is 13.0. The number of para-hydroxylation sites is 1. The van der Waals surface area contributed by atoms with Crippen molar-refractivity contribution < 1.29 is 17.6 Å². The van der Waals surface area contributed by atoms with Gasteiger partial charge in [0.05, 0.1) is 11.9 Å². The van der Waals surface area contributed by atoms with Gasteiger partial charge in [0.2, 0.25) is 15.9 Å². The van der Waals surface area contributed by atoms with Crippen LogP contribution < -0.4 is 9.62 Å². The lowest BCUT2D eigenvalue weighted by molar-refractivity contribution is -0.116. The number of benzene rings is 2. The van der Waals surface area contributed by atoms with Crippen molar-refractivity contribution >= 4 is 27.3 Å². The summed E-state index contributed by atoms with van der Waals surface area (Å²) in [7, 11) is -3.55. The molecule has 2 aromatic rings. The largest absolute Gasteiger partial charge is 0.326 e. The van der Waals surface area contributed by atoms with Crippen molar-refractivity contribution in [2.45, 2.75) is 33.1 Å². The predicted molar refractivity (Wildman–Crippen MR) is 107 cm³/mol. The maximum Gasteiger partial charge on any atom is 0.232 e. The summed E-state index contributed by atoms with van der Waals surface area (Å²) in [6, 6.07) is 11.2. The van der Waals surface area contributed by atoms with E-state index in [0.717, 1.165) is 17.4 Å². The molecule has 0 fully saturated rings. The molecular formula is C20H25FN2O3S. The normalized spacial score (nSPS) is 11.3. The van der Waals surface area contributed by atoms with Gasteiger partial charge in [-0.15, -0.1) is 0 Å². The van der Waals surface area contributed by atoms with Gasteiger partial charge in [0.25, 0.3) is 0 Å². The minimum absolute atomic E-state index is 0.00828. The molecule has 1 N–H and O–H groups in total. The Kier molecular flexibility index (Phi) is 6.96. The molecule has 0 aliphatic heterocycles. The Hall–Kier alpha value is -2.41. The lowest BCUT2D eigenvalue weighted by Gasteiger charge is -2.27. The van der Waals surface area contributed by atoms with E-state index in [1.165, 1.54) is 28.6 Å². The summed E-state index contributed by atoms with van der Waals surface area (Å²) in [5.41, 5.74) is 2.99. The minimum Gasteiger partial charge on any atom is -0.326 e. The third kappa shape index (κ3) is 5.53. The van der Waals surface area contributed by atoms with E-state index in [-0.39, 0.29) is 24.7 Å². The summed E-state index contributed by atoms with van der Waals surface area (Å²) in [6.45, 7) is 3.98. The standard InChI is InChI=1S/C20H25FN2O3S/c1-4-15-7-6-8-16(5-2)20(15)23(27(3,25)26)14-13-19(24)22-18-11-9-17(21)10-12-18/h6-12H,4-5,13-14H2,1-3H3,(H,22,24). The van der Waals surface area contributed by atoms with Crippen LogP contribution in [0.5, 0.6) is 0 Å². The van der Waals surface area contributed by atoms with Crippen LogP contribution in [-0.2, 0) is 27.7 Å². The Labute approximate surface area is 160 Å². The Morgan fingerprint density at radius 2 is 1.59 bits per heavy atom. The summed E-state index contributed by atoms with van der Waals surface area (Å²) >= 11 is 0. The first kappa shape index (κ1) is 20.9. The first-order valence-electron chi connectivity index (χ1n) is 8.90. The van der Waals surface area contributed by atoms with Crippen LogP contribution in [0.3, 0.4) is 0 Å². The number of aryl methyl sites for hydroxylation is 2. The molecule has 2 rings (SSSR count). The number of sulfonamides is 1. The second-order valence-corrected chi connectivity index (χ2v) is 8.18. The summed E-state index contributed by atoms with van der Waals surface area (Å²) < 4.78 is 39.1. The van der Waals surface area contributed by atoms with Gasteiger partial charge < -0.3 is 5.32 Å². The third-order valence-corrected chi connectivity index (χ3v) is 5.45. The molecule has 0 radical (unpaired) electrons. The first-order valence-corrected chi connectivity index (χ1v) is 10.7. The number of rotatable bonds is 8. The highest BCUT2D eigenvalue weighted by Gasteiger charge is 2.23. The SMILES string of the molecule is CCc1cccc(CC)c1N(CCC(=O)Nc1ccc(F)cc1)S(C)(=O)=O. The highest BCUT2D eigenvalue weighted by atomic mass is 32.2. The first-order chi connectivity index (χ1) is 12.8. The molecule has 0 spiro atoms. The number of nitrogens with one attached hydrogen (secondary N) is 1. The number of halogens is 1. The zero-order valence-corrected chi connectivity index (χ0v) is 16.6. The van der Waals surface area contributed by atoms with E-state index in [1.807, 2.05) is 32.0 Å². The van der Waals surface area contributed by atoms with Crippen LogP contribution in [0.15, 0.2) is 42.5 Å². The van der Waals surface area contributed by atoms with E-state index in [4.69, 9.17) is 0 Å². The van der Waals surface area contributed by atoms with Crippen LogP contribution in [0.1, 0.15) is 31.4 Å². The van der Waals surface area contributed by atoms with Crippen LogP contribution in [-0.4, -0.2) is 27.1 Å². The van der Waals surface area contributed by atoms with Crippen LogP contribution in [0.25, 0.3) is 0 Å². The molecule has 146 valence electrons. The molecule has 0 aliphatic rings. The summed E-state index contributed by atoms with van der Waals surface area (Å²) in [5.74, 6) is -0.721. The maximum absolute atomic E-state index is 13.0. The van der Waals surface area contributed by atoms with E-state index >= 15 is 0 Å². The van der Waals surface area contributed by atoms with Gasteiger partial charge in [-0.3, -0.25) is 9.10 Å². The van der Waals surface area contributed by atoms with Crippen molar-refractivity contribution in [1.82, 2.24) is 0 Å². The molecule has 0 atom stereocenters. The second kappa shape index (κ2) is 8.99. The molecule has 1 amide bonds. The van der Waals surface area contributed by atoms with Crippen LogP contribution in [0, 0.1) is 5.82 Å². The lowest BCUT2D eigenvalue weighted by Crippen LogP contribution is -2.34. The molecule has 0 aromatic heterocycles. The van der Waals surface area contributed by atoms with Gasteiger partial charge in [-0.1, -0.05) is 32.0 Å². The molecule has 0 saturated carbocycles. The highest BCUT2D eigenvalue weighted by Crippen LogP contribution is 2.29. The number of carbonyl (C=O) groups is 1. The number of anilines is 2.